The van der Waals surface area contributed by atoms with E-state index in [9.17, 15) is 4.79 Å². The summed E-state index contributed by atoms with van der Waals surface area (Å²) in [6, 6.07) is 7.46. The molecule has 1 aromatic heterocycles. The molecule has 0 bridgehead atoms. The van der Waals surface area contributed by atoms with Crippen molar-refractivity contribution >= 4 is 5.91 Å². The molecule has 0 atom stereocenters. The highest BCUT2D eigenvalue weighted by atomic mass is 16.3. The first kappa shape index (κ1) is 14.9. The minimum absolute atomic E-state index is 0.0717. The predicted octanol–water partition coefficient (Wildman–Crippen LogP) is 2.17. The second-order valence-electron chi connectivity index (χ2n) is 4.85. The molecule has 1 aromatic carbocycles. The quantitative estimate of drug-likeness (QED) is 0.878. The molecule has 0 saturated carbocycles. The van der Waals surface area contributed by atoms with E-state index >= 15 is 0 Å². The van der Waals surface area contributed by atoms with Crippen molar-refractivity contribution in [1.82, 2.24) is 4.90 Å². The number of nitrogens with two attached hydrogens (primary N) is 1. The molecule has 21 heavy (non-hydrogen) atoms. The fraction of sp³-hybridized carbons (Fsp3) is 0.235. The average molecular weight is 282 g/mol. The summed E-state index contributed by atoms with van der Waals surface area (Å²) in [6.45, 7) is 2.73. The van der Waals surface area contributed by atoms with Crippen LogP contribution < -0.4 is 5.73 Å². The molecule has 0 aliphatic heterocycles. The molecule has 1 amide bonds. The molecule has 0 aliphatic carbocycles. The van der Waals surface area contributed by atoms with E-state index in [1.54, 1.807) is 24.5 Å². The van der Waals surface area contributed by atoms with Crippen LogP contribution in [-0.2, 0) is 6.54 Å². The minimum atomic E-state index is -0.0717. The van der Waals surface area contributed by atoms with E-state index in [0.29, 0.717) is 17.7 Å². The summed E-state index contributed by atoms with van der Waals surface area (Å²) >= 11 is 0. The maximum atomic E-state index is 12.6. The number of benzene rings is 1. The molecular formula is C17H18N2O2. The molecule has 0 spiro atoms. The fourth-order valence-corrected chi connectivity index (χ4v) is 2.03. The first-order chi connectivity index (χ1) is 10.1. The van der Waals surface area contributed by atoms with Crippen molar-refractivity contribution in [3.63, 3.8) is 0 Å². The van der Waals surface area contributed by atoms with Crippen LogP contribution in [0.4, 0.5) is 0 Å². The second-order valence-corrected chi connectivity index (χ2v) is 4.85. The van der Waals surface area contributed by atoms with E-state index in [4.69, 9.17) is 10.2 Å². The zero-order valence-corrected chi connectivity index (χ0v) is 12.2. The van der Waals surface area contributed by atoms with Gasteiger partial charge in [-0.3, -0.25) is 4.79 Å². The topological polar surface area (TPSA) is 59.5 Å². The second kappa shape index (κ2) is 6.78. The van der Waals surface area contributed by atoms with Gasteiger partial charge < -0.3 is 15.1 Å². The molecule has 4 heteroatoms. The first-order valence-electron chi connectivity index (χ1n) is 6.68. The van der Waals surface area contributed by atoms with Gasteiger partial charge in [0, 0.05) is 24.7 Å². The van der Waals surface area contributed by atoms with Gasteiger partial charge in [0.05, 0.1) is 24.6 Å². The van der Waals surface area contributed by atoms with Crippen LogP contribution >= 0.6 is 0 Å². The van der Waals surface area contributed by atoms with Gasteiger partial charge in [-0.2, -0.15) is 0 Å². The minimum Gasteiger partial charge on any atom is -0.472 e. The third-order valence-electron chi connectivity index (χ3n) is 3.08. The molecule has 2 N–H and O–H groups in total. The summed E-state index contributed by atoms with van der Waals surface area (Å²) in [7, 11) is 1.76. The van der Waals surface area contributed by atoms with Crippen LogP contribution in [0.1, 0.15) is 27.0 Å². The van der Waals surface area contributed by atoms with Gasteiger partial charge in [0.15, 0.2) is 0 Å². The Morgan fingerprint density at radius 1 is 1.38 bits per heavy atom. The number of amides is 1. The number of carbonyl (C=O) groups excluding carboxylic acids is 1. The molecule has 108 valence electrons. The van der Waals surface area contributed by atoms with Crippen molar-refractivity contribution in [2.24, 2.45) is 5.73 Å². The van der Waals surface area contributed by atoms with Crippen molar-refractivity contribution in [2.75, 3.05) is 13.6 Å². The Balaban J connectivity index is 2.25. The number of rotatable bonds is 3. The highest BCUT2D eigenvalue weighted by molar-refractivity contribution is 5.96. The number of carbonyl (C=O) groups is 1. The number of furan rings is 1. The number of aryl methyl sites for hydroxylation is 1. The summed E-state index contributed by atoms with van der Waals surface area (Å²) < 4.78 is 5.02. The van der Waals surface area contributed by atoms with Crippen molar-refractivity contribution in [3.05, 3.63) is 59.0 Å². The van der Waals surface area contributed by atoms with Gasteiger partial charge in [0.2, 0.25) is 0 Å². The van der Waals surface area contributed by atoms with Crippen molar-refractivity contribution < 1.29 is 9.21 Å². The maximum absolute atomic E-state index is 12.6. The summed E-state index contributed by atoms with van der Waals surface area (Å²) in [5.41, 5.74) is 8.73. The van der Waals surface area contributed by atoms with Gasteiger partial charge in [0.1, 0.15) is 0 Å². The molecule has 1 heterocycles. The SMILES string of the molecule is Cc1ccc(C(=O)N(C)Cc2ccoc2)c(C#CCN)c1. The predicted molar refractivity (Wildman–Crippen MR) is 81.6 cm³/mol. The smallest absolute Gasteiger partial charge is 0.255 e. The van der Waals surface area contributed by atoms with Crippen LogP contribution in [0, 0.1) is 18.8 Å². The highest BCUT2D eigenvalue weighted by Crippen LogP contribution is 2.14. The van der Waals surface area contributed by atoms with Crippen LogP contribution in [0.15, 0.2) is 41.2 Å². The maximum Gasteiger partial charge on any atom is 0.255 e. The molecule has 0 radical (unpaired) electrons. The van der Waals surface area contributed by atoms with Crippen LogP contribution in [0.5, 0.6) is 0 Å². The van der Waals surface area contributed by atoms with Gasteiger partial charge >= 0.3 is 0 Å². The van der Waals surface area contributed by atoms with Gasteiger partial charge in [-0.1, -0.05) is 17.9 Å². The Hall–Kier alpha value is -2.51. The van der Waals surface area contributed by atoms with Crippen molar-refractivity contribution in [2.45, 2.75) is 13.5 Å². The van der Waals surface area contributed by atoms with Crippen molar-refractivity contribution in [1.29, 1.82) is 0 Å². The Bertz CT molecular complexity index is 679. The molecule has 0 fully saturated rings. The van der Waals surface area contributed by atoms with Gasteiger partial charge in [-0.25, -0.2) is 0 Å². The van der Waals surface area contributed by atoms with E-state index in [-0.39, 0.29) is 12.5 Å². The number of nitrogens with zero attached hydrogens (tertiary/aromatic N) is 1. The highest BCUT2D eigenvalue weighted by Gasteiger charge is 2.15. The van der Waals surface area contributed by atoms with Gasteiger partial charge in [0.25, 0.3) is 5.91 Å². The number of hydrogen-bond donors (Lipinski definition) is 1. The zero-order chi connectivity index (χ0) is 15.2. The van der Waals surface area contributed by atoms with Crippen molar-refractivity contribution in [3.8, 4) is 11.8 Å². The average Bonchev–Trinajstić information content (AvgIpc) is 2.97. The lowest BCUT2D eigenvalue weighted by Crippen LogP contribution is -2.26. The summed E-state index contributed by atoms with van der Waals surface area (Å²) in [6.07, 6.45) is 3.23. The Morgan fingerprint density at radius 2 is 2.19 bits per heavy atom. The van der Waals surface area contributed by atoms with Gasteiger partial charge in [-0.15, -0.1) is 0 Å². The molecule has 0 aliphatic rings. The van der Waals surface area contributed by atoms with E-state index in [1.807, 2.05) is 31.2 Å². The zero-order valence-electron chi connectivity index (χ0n) is 12.2. The summed E-state index contributed by atoms with van der Waals surface area (Å²) in [5.74, 6) is 5.70. The Morgan fingerprint density at radius 3 is 2.86 bits per heavy atom. The fourth-order valence-electron chi connectivity index (χ4n) is 2.03. The molecular weight excluding hydrogens is 264 g/mol. The number of hydrogen-bond acceptors (Lipinski definition) is 3. The molecule has 2 rings (SSSR count). The first-order valence-corrected chi connectivity index (χ1v) is 6.68. The molecule has 4 nitrogen and oxygen atoms in total. The van der Waals surface area contributed by atoms with E-state index in [0.717, 1.165) is 11.1 Å². The largest absolute Gasteiger partial charge is 0.472 e. The molecule has 0 saturated heterocycles. The van der Waals surface area contributed by atoms with Crippen LogP contribution in [0.25, 0.3) is 0 Å². The molecule has 2 aromatic rings. The normalized spacial score (nSPS) is 9.86. The van der Waals surface area contributed by atoms with E-state index in [2.05, 4.69) is 11.8 Å². The Labute approximate surface area is 124 Å². The standard InChI is InChI=1S/C17H18N2O2/c1-13-5-6-16(15(10-13)4-3-8-18)17(20)19(2)11-14-7-9-21-12-14/h5-7,9-10,12H,8,11,18H2,1-2H3. The van der Waals surface area contributed by atoms with E-state index < -0.39 is 0 Å². The lowest BCUT2D eigenvalue weighted by Gasteiger charge is -2.17. The molecule has 0 unspecified atom stereocenters. The Kier molecular flexibility index (Phi) is 4.81. The monoisotopic (exact) mass is 282 g/mol. The lowest BCUT2D eigenvalue weighted by atomic mass is 10.0. The third kappa shape index (κ3) is 3.74. The summed E-state index contributed by atoms with van der Waals surface area (Å²) in [5, 5.41) is 0. The lowest BCUT2D eigenvalue weighted by molar-refractivity contribution is 0.0784. The van der Waals surface area contributed by atoms with Crippen LogP contribution in [0.3, 0.4) is 0 Å². The third-order valence-corrected chi connectivity index (χ3v) is 3.08. The van der Waals surface area contributed by atoms with Crippen LogP contribution in [-0.4, -0.2) is 24.4 Å². The van der Waals surface area contributed by atoms with E-state index in [1.165, 1.54) is 0 Å². The summed E-state index contributed by atoms with van der Waals surface area (Å²) in [4.78, 5) is 14.2. The van der Waals surface area contributed by atoms with Crippen LogP contribution in [0.2, 0.25) is 0 Å². The van der Waals surface area contributed by atoms with Gasteiger partial charge in [-0.05, 0) is 30.7 Å².